The molecule has 2 atom stereocenters. The van der Waals surface area contributed by atoms with Crippen LogP contribution in [0.4, 0.5) is 0 Å². The first-order valence-corrected chi connectivity index (χ1v) is 8.46. The van der Waals surface area contributed by atoms with Crippen LogP contribution in [-0.2, 0) is 11.8 Å². The molecule has 0 aromatic carbocycles. The molecule has 3 fully saturated rings. The Labute approximate surface area is 139 Å². The zero-order valence-corrected chi connectivity index (χ0v) is 13.6. The van der Waals surface area contributed by atoms with Crippen LogP contribution in [0.25, 0.3) is 11.4 Å². The van der Waals surface area contributed by atoms with E-state index in [-0.39, 0.29) is 16.9 Å². The van der Waals surface area contributed by atoms with Gasteiger partial charge >= 0.3 is 0 Å². The Morgan fingerprint density at radius 1 is 1.54 bits per heavy atom. The number of ether oxygens (including phenoxy) is 1. The molecule has 2 N–H and O–H groups in total. The molecule has 2 aliphatic carbocycles. The van der Waals surface area contributed by atoms with E-state index in [2.05, 4.69) is 25.9 Å². The summed E-state index contributed by atoms with van der Waals surface area (Å²) < 4.78 is 7.87. The maximum atomic E-state index is 12.6. The number of hydrogen-bond acceptors (Lipinski definition) is 5. The Balaban J connectivity index is 1.31. The van der Waals surface area contributed by atoms with Gasteiger partial charge in [0, 0.05) is 30.8 Å². The zero-order chi connectivity index (χ0) is 16.4. The van der Waals surface area contributed by atoms with Crippen molar-refractivity contribution in [3.05, 3.63) is 18.0 Å². The van der Waals surface area contributed by atoms with Crippen molar-refractivity contribution in [2.24, 2.45) is 18.4 Å². The van der Waals surface area contributed by atoms with Gasteiger partial charge in [0.05, 0.1) is 12.2 Å². The van der Waals surface area contributed by atoms with E-state index in [0.29, 0.717) is 24.0 Å². The third-order valence-electron chi connectivity index (χ3n) is 6.27. The number of carbonyl (C=O) groups excluding carboxylic acids is 1. The molecule has 1 amide bonds. The molecular weight excluding hydrogens is 308 g/mol. The molecule has 3 heterocycles. The number of nitrogens with zero attached hydrogens (tertiary/aromatic N) is 4. The van der Waals surface area contributed by atoms with Gasteiger partial charge in [-0.3, -0.25) is 4.79 Å². The Morgan fingerprint density at radius 3 is 3.08 bits per heavy atom. The number of rotatable bonds is 4. The van der Waals surface area contributed by atoms with Crippen LogP contribution < -0.4 is 5.32 Å². The lowest BCUT2D eigenvalue weighted by molar-refractivity contribution is -0.109. The van der Waals surface area contributed by atoms with Crippen molar-refractivity contribution in [2.45, 2.75) is 31.3 Å². The first-order valence-electron chi connectivity index (χ1n) is 8.46. The highest BCUT2D eigenvalue weighted by Crippen LogP contribution is 2.70. The van der Waals surface area contributed by atoms with Gasteiger partial charge in [-0.1, -0.05) is 0 Å². The van der Waals surface area contributed by atoms with Crippen LogP contribution in [0.15, 0.2) is 12.3 Å². The SMILES string of the molecule is Cn1cc(-c2nn[nH]n2)cc1C(=O)NC[C@]12C[C@H]1COC21CCC1. The Morgan fingerprint density at radius 2 is 2.42 bits per heavy atom. The lowest BCUT2D eigenvalue weighted by Gasteiger charge is -2.45. The molecule has 1 aliphatic heterocycles. The molecule has 5 rings (SSSR count). The minimum Gasteiger partial charge on any atom is -0.374 e. The van der Waals surface area contributed by atoms with Crippen molar-refractivity contribution >= 4 is 5.91 Å². The van der Waals surface area contributed by atoms with Gasteiger partial charge in [0.15, 0.2) is 0 Å². The number of H-pyrrole nitrogens is 1. The van der Waals surface area contributed by atoms with Gasteiger partial charge in [-0.15, -0.1) is 10.2 Å². The number of tetrazole rings is 1. The minimum atomic E-state index is -0.0614. The fourth-order valence-corrected chi connectivity index (χ4v) is 4.60. The average molecular weight is 328 g/mol. The van der Waals surface area contributed by atoms with Gasteiger partial charge < -0.3 is 14.6 Å². The highest BCUT2D eigenvalue weighted by molar-refractivity contribution is 5.94. The fraction of sp³-hybridized carbons (Fsp3) is 0.625. The summed E-state index contributed by atoms with van der Waals surface area (Å²) in [6.07, 6.45) is 6.56. The summed E-state index contributed by atoms with van der Waals surface area (Å²) in [5.74, 6) is 1.05. The predicted octanol–water partition coefficient (Wildman–Crippen LogP) is 0.894. The second kappa shape index (κ2) is 4.66. The van der Waals surface area contributed by atoms with E-state index >= 15 is 0 Å². The molecule has 24 heavy (non-hydrogen) atoms. The van der Waals surface area contributed by atoms with Crippen LogP contribution in [-0.4, -0.2) is 49.9 Å². The number of aryl methyl sites for hydroxylation is 1. The fourth-order valence-electron chi connectivity index (χ4n) is 4.60. The number of hydrogen-bond donors (Lipinski definition) is 2. The van der Waals surface area contributed by atoms with Gasteiger partial charge in [0.1, 0.15) is 5.69 Å². The second-order valence-corrected chi connectivity index (χ2v) is 7.36. The monoisotopic (exact) mass is 328 g/mol. The molecule has 0 bridgehead atoms. The quantitative estimate of drug-likeness (QED) is 0.869. The van der Waals surface area contributed by atoms with Gasteiger partial charge in [-0.2, -0.15) is 5.21 Å². The Kier molecular flexibility index (Phi) is 2.75. The Bertz CT molecular complexity index is 794. The standard InChI is InChI=1S/C16H20N6O2/c1-22-7-10(13-18-20-21-19-13)5-12(22)14(23)17-9-15-6-11(15)8-24-16(15)3-2-4-16/h5,7,11H,2-4,6,8-9H2,1H3,(H,17,23)(H,18,19,20,21)/t11-,15+/m0/s1. The molecule has 0 unspecified atom stereocenters. The number of aromatic amines is 1. The van der Waals surface area contributed by atoms with Crippen LogP contribution in [0.5, 0.6) is 0 Å². The van der Waals surface area contributed by atoms with E-state index in [9.17, 15) is 4.79 Å². The van der Waals surface area contributed by atoms with Crippen molar-refractivity contribution in [3.63, 3.8) is 0 Å². The summed E-state index contributed by atoms with van der Waals surface area (Å²) in [6.45, 7) is 1.57. The molecule has 8 heteroatoms. The number of amides is 1. The summed E-state index contributed by atoms with van der Waals surface area (Å²) in [4.78, 5) is 12.6. The topological polar surface area (TPSA) is 97.7 Å². The van der Waals surface area contributed by atoms with Crippen LogP contribution >= 0.6 is 0 Å². The van der Waals surface area contributed by atoms with Crippen molar-refractivity contribution < 1.29 is 9.53 Å². The van der Waals surface area contributed by atoms with E-state index < -0.39 is 0 Å². The third-order valence-corrected chi connectivity index (χ3v) is 6.27. The first kappa shape index (κ1) is 14.2. The van der Waals surface area contributed by atoms with Crippen LogP contribution in [0.3, 0.4) is 0 Å². The van der Waals surface area contributed by atoms with Crippen molar-refractivity contribution in [1.82, 2.24) is 30.5 Å². The van der Waals surface area contributed by atoms with Gasteiger partial charge in [-0.05, 0) is 42.9 Å². The first-order chi connectivity index (χ1) is 11.6. The molecule has 2 aromatic rings. The molecular formula is C16H20N6O2. The van der Waals surface area contributed by atoms with Crippen LogP contribution in [0, 0.1) is 11.3 Å². The van der Waals surface area contributed by atoms with Gasteiger partial charge in [0.2, 0.25) is 5.82 Å². The average Bonchev–Trinajstić information content (AvgIpc) is 2.95. The maximum Gasteiger partial charge on any atom is 0.267 e. The molecule has 2 aromatic heterocycles. The molecule has 1 spiro atoms. The minimum absolute atomic E-state index is 0.0505. The smallest absolute Gasteiger partial charge is 0.267 e. The highest BCUT2D eigenvalue weighted by atomic mass is 16.5. The third kappa shape index (κ3) is 1.77. The van der Waals surface area contributed by atoms with E-state index in [1.165, 1.54) is 12.8 Å². The van der Waals surface area contributed by atoms with Gasteiger partial charge in [0.25, 0.3) is 5.91 Å². The Hall–Kier alpha value is -2.22. The maximum absolute atomic E-state index is 12.6. The van der Waals surface area contributed by atoms with Crippen molar-refractivity contribution in [2.75, 3.05) is 13.2 Å². The number of carbonyl (C=O) groups is 1. The summed E-state index contributed by atoms with van der Waals surface area (Å²) in [5, 5.41) is 17.0. The summed E-state index contributed by atoms with van der Waals surface area (Å²) in [5.41, 5.74) is 1.61. The molecule has 1 saturated heterocycles. The highest BCUT2D eigenvalue weighted by Gasteiger charge is 2.73. The zero-order valence-electron chi connectivity index (χ0n) is 13.6. The normalized spacial score (nSPS) is 29.3. The van der Waals surface area contributed by atoms with Crippen LogP contribution in [0.2, 0.25) is 0 Å². The summed E-state index contributed by atoms with van der Waals surface area (Å²) in [7, 11) is 1.85. The molecule has 2 saturated carbocycles. The number of nitrogens with one attached hydrogen (secondary N) is 2. The number of aromatic nitrogens is 5. The van der Waals surface area contributed by atoms with E-state index in [1.54, 1.807) is 10.6 Å². The lowest BCUT2D eigenvalue weighted by atomic mass is 9.68. The second-order valence-electron chi connectivity index (χ2n) is 7.36. The molecule has 0 radical (unpaired) electrons. The van der Waals surface area contributed by atoms with Crippen molar-refractivity contribution in [3.8, 4) is 11.4 Å². The van der Waals surface area contributed by atoms with Crippen LogP contribution in [0.1, 0.15) is 36.2 Å². The largest absolute Gasteiger partial charge is 0.374 e. The predicted molar refractivity (Wildman–Crippen MR) is 84.0 cm³/mol. The number of fused-ring (bicyclic) bond motifs is 2. The van der Waals surface area contributed by atoms with E-state index in [4.69, 9.17) is 4.74 Å². The van der Waals surface area contributed by atoms with Gasteiger partial charge in [-0.25, -0.2) is 0 Å². The molecule has 3 aliphatic rings. The summed E-state index contributed by atoms with van der Waals surface area (Å²) >= 11 is 0. The lowest BCUT2D eigenvalue weighted by Crippen LogP contribution is -2.50. The van der Waals surface area contributed by atoms with Crippen molar-refractivity contribution in [1.29, 1.82) is 0 Å². The molecule has 8 nitrogen and oxygen atoms in total. The summed E-state index contributed by atoms with van der Waals surface area (Å²) in [6, 6.07) is 1.80. The van der Waals surface area contributed by atoms with E-state index in [0.717, 1.165) is 25.0 Å². The molecule has 126 valence electrons. The van der Waals surface area contributed by atoms with E-state index in [1.807, 2.05) is 13.2 Å².